The molecule has 112 valence electrons. The maximum atomic E-state index is 11.8. The van der Waals surface area contributed by atoms with E-state index < -0.39 is 5.60 Å². The van der Waals surface area contributed by atoms with Gasteiger partial charge in [-0.25, -0.2) is 4.79 Å². The van der Waals surface area contributed by atoms with E-state index in [9.17, 15) is 4.79 Å². The monoisotopic (exact) mass is 280 g/mol. The second-order valence-electron chi connectivity index (χ2n) is 6.28. The summed E-state index contributed by atoms with van der Waals surface area (Å²) in [4.78, 5) is 11.8. The Morgan fingerprint density at radius 1 is 1.45 bits per heavy atom. The molecule has 2 rings (SSSR count). The largest absolute Gasteiger partial charge is 0.444 e. The fraction of sp³-hybridized carbons (Fsp3) is 0.714. The van der Waals surface area contributed by atoms with E-state index in [1.165, 1.54) is 0 Å². The van der Waals surface area contributed by atoms with Gasteiger partial charge in [0.25, 0.3) is 0 Å². The molecule has 1 aliphatic heterocycles. The molecular formula is C14H24N4O2. The lowest BCUT2D eigenvalue weighted by Crippen LogP contribution is -2.52. The first-order chi connectivity index (χ1) is 9.41. The van der Waals surface area contributed by atoms with Crippen LogP contribution in [0, 0.1) is 0 Å². The Labute approximate surface area is 119 Å². The highest BCUT2D eigenvalue weighted by atomic mass is 16.6. The van der Waals surface area contributed by atoms with Crippen LogP contribution in [0.25, 0.3) is 0 Å². The zero-order chi connectivity index (χ0) is 14.6. The topological polar surface area (TPSA) is 68.2 Å². The van der Waals surface area contributed by atoms with Crippen LogP contribution in [0.1, 0.15) is 33.6 Å². The van der Waals surface area contributed by atoms with Gasteiger partial charge in [-0.2, -0.15) is 5.10 Å². The molecule has 1 aromatic heterocycles. The van der Waals surface area contributed by atoms with E-state index in [0.29, 0.717) is 6.54 Å². The molecule has 0 atom stereocenters. The van der Waals surface area contributed by atoms with Crippen LogP contribution in [0.2, 0.25) is 0 Å². The Morgan fingerprint density at radius 3 is 2.70 bits per heavy atom. The third-order valence-corrected chi connectivity index (χ3v) is 3.49. The zero-order valence-electron chi connectivity index (χ0n) is 12.5. The fourth-order valence-corrected chi connectivity index (χ4v) is 2.48. The first-order valence-electron chi connectivity index (χ1n) is 7.09. The molecule has 6 heteroatoms. The molecule has 0 radical (unpaired) electrons. The number of ether oxygens (including phenoxy) is 1. The van der Waals surface area contributed by atoms with Gasteiger partial charge in [0, 0.05) is 18.9 Å². The number of carbonyl (C=O) groups is 1. The average Bonchev–Trinajstić information content (AvgIpc) is 2.90. The van der Waals surface area contributed by atoms with Crippen molar-refractivity contribution < 1.29 is 9.53 Å². The lowest BCUT2D eigenvalue weighted by atomic mass is 9.88. The number of alkyl carbamates (subject to hydrolysis) is 1. The van der Waals surface area contributed by atoms with E-state index in [1.54, 1.807) is 6.20 Å². The van der Waals surface area contributed by atoms with Gasteiger partial charge in [-0.1, -0.05) is 0 Å². The van der Waals surface area contributed by atoms with E-state index in [2.05, 4.69) is 15.7 Å². The minimum atomic E-state index is -0.475. The van der Waals surface area contributed by atoms with Crippen molar-refractivity contribution >= 4 is 6.09 Å². The van der Waals surface area contributed by atoms with Gasteiger partial charge in [0.15, 0.2) is 0 Å². The molecular weight excluding hydrogens is 256 g/mol. The minimum Gasteiger partial charge on any atom is -0.444 e. The van der Waals surface area contributed by atoms with Crippen molar-refractivity contribution in [3.8, 4) is 0 Å². The number of rotatable bonds is 3. The van der Waals surface area contributed by atoms with Gasteiger partial charge in [-0.3, -0.25) is 4.68 Å². The minimum absolute atomic E-state index is 0.161. The van der Waals surface area contributed by atoms with E-state index in [-0.39, 0.29) is 11.6 Å². The van der Waals surface area contributed by atoms with Crippen LogP contribution in [0.3, 0.4) is 0 Å². The van der Waals surface area contributed by atoms with Crippen LogP contribution in [0.15, 0.2) is 18.5 Å². The van der Waals surface area contributed by atoms with Crippen molar-refractivity contribution in [1.82, 2.24) is 20.4 Å². The van der Waals surface area contributed by atoms with Gasteiger partial charge < -0.3 is 15.4 Å². The molecule has 6 nitrogen and oxygen atoms in total. The molecule has 0 unspecified atom stereocenters. The van der Waals surface area contributed by atoms with Crippen molar-refractivity contribution in [2.45, 2.75) is 44.8 Å². The highest BCUT2D eigenvalue weighted by Gasteiger charge is 2.35. The maximum absolute atomic E-state index is 11.8. The number of hydrogen-bond donors (Lipinski definition) is 2. The quantitative estimate of drug-likeness (QED) is 0.880. The summed E-state index contributed by atoms with van der Waals surface area (Å²) < 4.78 is 7.26. The van der Waals surface area contributed by atoms with Crippen molar-refractivity contribution in [3.63, 3.8) is 0 Å². The molecule has 1 aromatic rings. The number of hydrogen-bond acceptors (Lipinski definition) is 4. The first-order valence-corrected chi connectivity index (χ1v) is 7.09. The lowest BCUT2D eigenvalue weighted by molar-refractivity contribution is 0.0485. The Balaban J connectivity index is 2.01. The number of amides is 1. The van der Waals surface area contributed by atoms with Gasteiger partial charge >= 0.3 is 6.09 Å². The molecule has 0 aliphatic carbocycles. The Hall–Kier alpha value is -1.56. The van der Waals surface area contributed by atoms with Crippen molar-refractivity contribution in [1.29, 1.82) is 0 Å². The van der Waals surface area contributed by atoms with Gasteiger partial charge in [-0.15, -0.1) is 0 Å². The first kappa shape index (κ1) is 14.8. The normalized spacial score (nSPS) is 18.6. The summed E-state index contributed by atoms with van der Waals surface area (Å²) >= 11 is 0. The summed E-state index contributed by atoms with van der Waals surface area (Å²) in [6.45, 7) is 7.97. The summed E-state index contributed by atoms with van der Waals surface area (Å²) in [5, 5.41) is 10.6. The number of nitrogens with zero attached hydrogens (tertiary/aromatic N) is 2. The molecule has 1 aliphatic rings. The van der Waals surface area contributed by atoms with Crippen molar-refractivity contribution in [2.75, 3.05) is 19.6 Å². The second kappa shape index (κ2) is 5.83. The third-order valence-electron chi connectivity index (χ3n) is 3.49. The number of carbonyl (C=O) groups excluding carboxylic acids is 1. The molecule has 2 heterocycles. The Kier molecular flexibility index (Phi) is 4.32. The molecule has 0 bridgehead atoms. The van der Waals surface area contributed by atoms with Gasteiger partial charge in [-0.05, 0) is 52.8 Å². The summed E-state index contributed by atoms with van der Waals surface area (Å²) in [7, 11) is 0. The second-order valence-corrected chi connectivity index (χ2v) is 6.28. The number of nitrogens with one attached hydrogen (secondary N) is 2. The van der Waals surface area contributed by atoms with Crippen LogP contribution in [0.4, 0.5) is 4.79 Å². The van der Waals surface area contributed by atoms with Crippen LogP contribution >= 0.6 is 0 Å². The van der Waals surface area contributed by atoms with Gasteiger partial charge in [0.05, 0.1) is 5.54 Å². The predicted molar refractivity (Wildman–Crippen MR) is 76.5 cm³/mol. The highest BCUT2D eigenvalue weighted by molar-refractivity contribution is 5.67. The smallest absolute Gasteiger partial charge is 0.407 e. The summed E-state index contributed by atoms with van der Waals surface area (Å²) in [6, 6.07) is 1.91. The van der Waals surface area contributed by atoms with Gasteiger partial charge in [0.2, 0.25) is 0 Å². The molecule has 0 aromatic carbocycles. The van der Waals surface area contributed by atoms with Crippen LogP contribution in [-0.2, 0) is 10.3 Å². The molecule has 0 saturated carbocycles. The predicted octanol–water partition coefficient (Wildman–Crippen LogP) is 1.49. The maximum Gasteiger partial charge on any atom is 0.407 e. The molecule has 20 heavy (non-hydrogen) atoms. The Bertz CT molecular complexity index is 431. The molecule has 1 fully saturated rings. The molecule has 2 N–H and O–H groups in total. The summed E-state index contributed by atoms with van der Waals surface area (Å²) in [6.07, 6.45) is 5.23. The van der Waals surface area contributed by atoms with Crippen LogP contribution in [-0.4, -0.2) is 41.1 Å². The molecule has 0 spiro atoms. The number of aromatic nitrogens is 2. The number of piperidine rings is 1. The highest BCUT2D eigenvalue weighted by Crippen LogP contribution is 2.26. The summed E-state index contributed by atoms with van der Waals surface area (Å²) in [5.74, 6) is 0. The van der Waals surface area contributed by atoms with Crippen LogP contribution < -0.4 is 10.6 Å². The van der Waals surface area contributed by atoms with E-state index in [4.69, 9.17) is 4.74 Å². The van der Waals surface area contributed by atoms with Crippen LogP contribution in [0.5, 0.6) is 0 Å². The van der Waals surface area contributed by atoms with E-state index in [0.717, 1.165) is 25.9 Å². The van der Waals surface area contributed by atoms with E-state index >= 15 is 0 Å². The van der Waals surface area contributed by atoms with Crippen molar-refractivity contribution in [2.24, 2.45) is 0 Å². The lowest BCUT2D eigenvalue weighted by Gasteiger charge is -2.38. The van der Waals surface area contributed by atoms with Gasteiger partial charge in [0.1, 0.15) is 5.60 Å². The SMILES string of the molecule is CC(C)(C)OC(=O)NCC1(n2cccn2)CCNCC1. The zero-order valence-corrected chi connectivity index (χ0v) is 12.5. The van der Waals surface area contributed by atoms with E-state index in [1.807, 2.05) is 37.7 Å². The molecule has 1 saturated heterocycles. The molecule has 1 amide bonds. The third kappa shape index (κ3) is 3.72. The average molecular weight is 280 g/mol. The standard InChI is InChI=1S/C14H24N4O2/c1-13(2,3)20-12(19)16-11-14(5-8-15-9-6-14)18-10-4-7-17-18/h4,7,10,15H,5-6,8-9,11H2,1-3H3,(H,16,19). The summed E-state index contributed by atoms with van der Waals surface area (Å²) in [5.41, 5.74) is -0.636. The fourth-order valence-electron chi connectivity index (χ4n) is 2.48. The van der Waals surface area contributed by atoms with Crippen molar-refractivity contribution in [3.05, 3.63) is 18.5 Å². The Morgan fingerprint density at radius 2 is 2.15 bits per heavy atom.